The van der Waals surface area contributed by atoms with Gasteiger partial charge in [-0.3, -0.25) is 4.79 Å². The van der Waals surface area contributed by atoms with Gasteiger partial charge in [-0.2, -0.15) is 0 Å². The number of halogens is 1. The molecule has 3 heterocycles. The number of morpholine rings is 1. The molecule has 2 aromatic carbocycles. The number of carbonyl (C=O) groups is 2. The molecule has 0 unspecified atom stereocenters. The van der Waals surface area contributed by atoms with Gasteiger partial charge < -0.3 is 28.8 Å². The second-order valence-electron chi connectivity index (χ2n) is 9.04. The van der Waals surface area contributed by atoms with Crippen molar-refractivity contribution in [3.63, 3.8) is 0 Å². The number of rotatable bonds is 7. The van der Waals surface area contributed by atoms with Gasteiger partial charge in [-0.25, -0.2) is 9.79 Å². The first-order valence-electron chi connectivity index (χ1n) is 12.7. The largest absolute Gasteiger partial charge is 0.506 e. The molecule has 1 fully saturated rings. The first-order chi connectivity index (χ1) is 19.4. The molecular weight excluding hydrogens is 598 g/mol. The summed E-state index contributed by atoms with van der Waals surface area (Å²) in [5, 5.41) is 12.4. The minimum atomic E-state index is -0.649. The minimum absolute atomic E-state index is 0.0128. The number of benzene rings is 2. The molecule has 9 nitrogen and oxygen atoms in total. The van der Waals surface area contributed by atoms with Crippen molar-refractivity contribution in [2.24, 2.45) is 4.99 Å². The van der Waals surface area contributed by atoms with Gasteiger partial charge >= 0.3 is 5.97 Å². The van der Waals surface area contributed by atoms with Crippen LogP contribution in [0.3, 0.4) is 0 Å². The number of ether oxygens (including phenoxy) is 3. The Kier molecular flexibility index (Phi) is 8.63. The van der Waals surface area contributed by atoms with Crippen LogP contribution >= 0.6 is 27.7 Å². The number of fused-ring (bicyclic) bond motifs is 1. The van der Waals surface area contributed by atoms with Gasteiger partial charge in [0.2, 0.25) is 5.91 Å². The summed E-state index contributed by atoms with van der Waals surface area (Å²) in [4.78, 5) is 32.7. The van der Waals surface area contributed by atoms with E-state index < -0.39 is 5.97 Å². The van der Waals surface area contributed by atoms with E-state index in [9.17, 15) is 14.7 Å². The van der Waals surface area contributed by atoms with Gasteiger partial charge in [0.1, 0.15) is 28.7 Å². The summed E-state index contributed by atoms with van der Waals surface area (Å²) < 4.78 is 18.6. The first-order valence-corrected chi connectivity index (χ1v) is 14.4. The van der Waals surface area contributed by atoms with Crippen molar-refractivity contribution < 1.29 is 28.9 Å². The molecule has 2 aliphatic heterocycles. The fourth-order valence-corrected chi connectivity index (χ4v) is 5.90. The highest BCUT2D eigenvalue weighted by Crippen LogP contribution is 2.41. The lowest BCUT2D eigenvalue weighted by atomic mass is 10.1. The van der Waals surface area contributed by atoms with Crippen molar-refractivity contribution in [1.82, 2.24) is 9.47 Å². The number of esters is 1. The van der Waals surface area contributed by atoms with Crippen LogP contribution in [0.5, 0.6) is 5.75 Å². The third-order valence-corrected chi connectivity index (χ3v) is 8.02. The number of aliphatic hydroxyl groups excluding tert-OH is 1. The third kappa shape index (κ3) is 5.96. The normalized spacial score (nSPS) is 17.7. The highest BCUT2D eigenvalue weighted by Gasteiger charge is 2.33. The van der Waals surface area contributed by atoms with Gasteiger partial charge in [-0.15, -0.1) is 0 Å². The van der Waals surface area contributed by atoms with Gasteiger partial charge in [0, 0.05) is 40.2 Å². The lowest BCUT2D eigenvalue weighted by molar-refractivity contribution is -0.138. The Morgan fingerprint density at radius 3 is 2.62 bits per heavy atom. The predicted octanol–water partition coefficient (Wildman–Crippen LogP) is 5.46. The molecule has 208 valence electrons. The number of thioether (sulfide) groups is 1. The van der Waals surface area contributed by atoms with Crippen LogP contribution in [0.25, 0.3) is 17.0 Å². The number of aliphatic hydroxyl groups is 1. The van der Waals surface area contributed by atoms with Crippen LogP contribution in [0.1, 0.15) is 12.5 Å². The van der Waals surface area contributed by atoms with E-state index in [0.29, 0.717) is 47.7 Å². The number of hydrogen-bond donors (Lipinski definition) is 1. The Bertz CT molecular complexity index is 1540. The Balaban J connectivity index is 1.53. The van der Waals surface area contributed by atoms with E-state index in [1.165, 1.54) is 11.8 Å². The molecule has 0 saturated carbocycles. The molecule has 0 spiro atoms. The molecule has 40 heavy (non-hydrogen) atoms. The SMILES string of the molecule is CCOC(=O)C1=C(O)/C(=C/c2cn(CC(=O)N3CCOCC3)c3ccc(Br)cc23)SC1=Nc1ccc(OC)cc1. The minimum Gasteiger partial charge on any atom is -0.506 e. The third-order valence-electron chi connectivity index (χ3n) is 6.50. The van der Waals surface area contributed by atoms with E-state index in [0.717, 1.165) is 20.9 Å². The Morgan fingerprint density at radius 2 is 1.93 bits per heavy atom. The Morgan fingerprint density at radius 1 is 1.18 bits per heavy atom. The standard InChI is InChI=1S/C29H28BrN3O6S/c1-3-39-29(36)26-27(35)24(40-28(26)31-20-5-7-21(37-2)8-6-20)14-18-16-33(23-9-4-19(30)15-22(18)23)17-25(34)32-10-12-38-13-11-32/h4-9,14-16,35H,3,10-13,17H2,1-2H3/b24-14-,31-28?. The van der Waals surface area contributed by atoms with E-state index in [-0.39, 0.29) is 30.4 Å². The molecule has 3 aromatic rings. The summed E-state index contributed by atoms with van der Waals surface area (Å²) in [6, 6.07) is 12.9. The van der Waals surface area contributed by atoms with Crippen LogP contribution < -0.4 is 4.74 Å². The molecule has 2 aliphatic rings. The maximum Gasteiger partial charge on any atom is 0.344 e. The van der Waals surface area contributed by atoms with Crippen LogP contribution in [-0.4, -0.2) is 71.5 Å². The lowest BCUT2D eigenvalue weighted by Gasteiger charge is -2.27. The molecule has 0 atom stereocenters. The second kappa shape index (κ2) is 12.3. The molecular formula is C29H28BrN3O6S. The molecule has 11 heteroatoms. The number of aliphatic imine (C=N–C) groups is 1. The van der Waals surface area contributed by atoms with Crippen molar-refractivity contribution in [2.75, 3.05) is 40.0 Å². The zero-order chi connectivity index (χ0) is 28.2. The van der Waals surface area contributed by atoms with Crippen molar-refractivity contribution in [2.45, 2.75) is 13.5 Å². The number of methoxy groups -OCH3 is 1. The zero-order valence-electron chi connectivity index (χ0n) is 22.1. The van der Waals surface area contributed by atoms with Crippen molar-refractivity contribution in [3.8, 4) is 5.75 Å². The van der Waals surface area contributed by atoms with Gasteiger partial charge in [-0.1, -0.05) is 27.7 Å². The highest BCUT2D eigenvalue weighted by molar-refractivity contribution is 9.10. The van der Waals surface area contributed by atoms with Gasteiger partial charge in [0.15, 0.2) is 0 Å². The quantitative estimate of drug-likeness (QED) is 0.348. The van der Waals surface area contributed by atoms with Gasteiger partial charge in [-0.05, 0) is 55.5 Å². The summed E-state index contributed by atoms with van der Waals surface area (Å²) in [7, 11) is 1.58. The van der Waals surface area contributed by atoms with Crippen molar-refractivity contribution >= 4 is 67.3 Å². The number of carbonyl (C=O) groups excluding carboxylic acids is 2. The summed E-state index contributed by atoms with van der Waals surface area (Å²) >= 11 is 4.73. The monoisotopic (exact) mass is 625 g/mol. The average molecular weight is 627 g/mol. The van der Waals surface area contributed by atoms with E-state index >= 15 is 0 Å². The van der Waals surface area contributed by atoms with Crippen LogP contribution in [0.15, 0.2) is 74.4 Å². The average Bonchev–Trinajstić information content (AvgIpc) is 3.45. The first kappa shape index (κ1) is 28.0. The molecule has 0 radical (unpaired) electrons. The van der Waals surface area contributed by atoms with Crippen LogP contribution in [0, 0.1) is 0 Å². The maximum atomic E-state index is 13.0. The summed E-state index contributed by atoms with van der Waals surface area (Å²) in [6.07, 6.45) is 3.69. The molecule has 1 amide bonds. The van der Waals surface area contributed by atoms with Crippen LogP contribution in [-0.2, 0) is 25.6 Å². The number of aromatic nitrogens is 1. The summed E-state index contributed by atoms with van der Waals surface area (Å²) in [6.45, 7) is 4.26. The molecule has 1 N–H and O–H groups in total. The summed E-state index contributed by atoms with van der Waals surface area (Å²) in [5.74, 6) is -0.151. The number of hydrogen-bond acceptors (Lipinski definition) is 8. The van der Waals surface area contributed by atoms with Crippen molar-refractivity contribution in [3.05, 3.63) is 74.9 Å². The molecule has 5 rings (SSSR count). The van der Waals surface area contributed by atoms with Gasteiger partial charge in [0.05, 0.1) is 37.5 Å². The van der Waals surface area contributed by atoms with Crippen molar-refractivity contribution in [1.29, 1.82) is 0 Å². The molecule has 1 saturated heterocycles. The lowest BCUT2D eigenvalue weighted by Crippen LogP contribution is -2.42. The molecule has 0 bridgehead atoms. The van der Waals surface area contributed by atoms with E-state index in [2.05, 4.69) is 20.9 Å². The number of amides is 1. The zero-order valence-corrected chi connectivity index (χ0v) is 24.5. The van der Waals surface area contributed by atoms with E-state index in [4.69, 9.17) is 14.2 Å². The topological polar surface area (TPSA) is 103 Å². The number of nitrogens with zero attached hydrogens (tertiary/aromatic N) is 3. The second-order valence-corrected chi connectivity index (χ2v) is 11.0. The molecule has 1 aromatic heterocycles. The Labute approximate surface area is 244 Å². The van der Waals surface area contributed by atoms with E-state index in [1.807, 2.05) is 29.0 Å². The van der Waals surface area contributed by atoms with E-state index in [1.54, 1.807) is 49.3 Å². The summed E-state index contributed by atoms with van der Waals surface area (Å²) in [5.41, 5.74) is 2.28. The van der Waals surface area contributed by atoms with Gasteiger partial charge in [0.25, 0.3) is 0 Å². The fourth-order valence-electron chi connectivity index (χ4n) is 4.51. The highest BCUT2D eigenvalue weighted by atomic mass is 79.9. The Hall–Kier alpha value is -3.54. The van der Waals surface area contributed by atoms with Crippen LogP contribution in [0.4, 0.5) is 5.69 Å². The predicted molar refractivity (Wildman–Crippen MR) is 159 cm³/mol. The fraction of sp³-hybridized carbons (Fsp3) is 0.276. The molecule has 0 aliphatic carbocycles. The maximum absolute atomic E-state index is 13.0. The smallest absolute Gasteiger partial charge is 0.344 e. The van der Waals surface area contributed by atoms with Crippen LogP contribution in [0.2, 0.25) is 0 Å².